The fourth-order valence-corrected chi connectivity index (χ4v) is 3.10. The van der Waals surface area contributed by atoms with Crippen molar-refractivity contribution in [3.8, 4) is 17.2 Å². The quantitative estimate of drug-likeness (QED) is 0.768. The SMILES string of the molecule is COc1cc(CCC(=O)NC2CCC(N)CC2)cc(OC)c1OC.Cl. The first kappa shape index (κ1) is 21.4. The van der Waals surface area contributed by atoms with Crippen LogP contribution in [0, 0.1) is 0 Å². The molecular formula is C18H29ClN2O4. The van der Waals surface area contributed by atoms with Gasteiger partial charge in [0.25, 0.3) is 0 Å². The first-order valence-electron chi connectivity index (χ1n) is 8.41. The summed E-state index contributed by atoms with van der Waals surface area (Å²) >= 11 is 0. The van der Waals surface area contributed by atoms with Gasteiger partial charge in [0, 0.05) is 18.5 Å². The van der Waals surface area contributed by atoms with Crippen molar-refractivity contribution < 1.29 is 19.0 Å². The molecule has 0 aliphatic heterocycles. The van der Waals surface area contributed by atoms with E-state index >= 15 is 0 Å². The Morgan fingerprint density at radius 3 is 2.12 bits per heavy atom. The van der Waals surface area contributed by atoms with Crippen LogP contribution in [0.15, 0.2) is 12.1 Å². The molecule has 0 radical (unpaired) electrons. The van der Waals surface area contributed by atoms with Gasteiger partial charge in [0.05, 0.1) is 21.3 Å². The fraction of sp³-hybridized carbons (Fsp3) is 0.611. The van der Waals surface area contributed by atoms with Crippen molar-refractivity contribution in [3.63, 3.8) is 0 Å². The molecule has 25 heavy (non-hydrogen) atoms. The maximum atomic E-state index is 12.2. The molecule has 7 heteroatoms. The van der Waals surface area contributed by atoms with E-state index < -0.39 is 0 Å². The number of hydrogen-bond donors (Lipinski definition) is 2. The Labute approximate surface area is 155 Å². The number of ether oxygens (including phenoxy) is 3. The average molecular weight is 373 g/mol. The molecule has 0 atom stereocenters. The highest BCUT2D eigenvalue weighted by Gasteiger charge is 2.20. The van der Waals surface area contributed by atoms with Gasteiger partial charge in [0.1, 0.15) is 0 Å². The van der Waals surface area contributed by atoms with E-state index in [1.807, 2.05) is 12.1 Å². The molecule has 0 saturated heterocycles. The second-order valence-electron chi connectivity index (χ2n) is 6.21. The molecule has 0 bridgehead atoms. The van der Waals surface area contributed by atoms with Gasteiger partial charge in [-0.15, -0.1) is 12.4 Å². The molecule has 142 valence electrons. The molecule has 1 fully saturated rings. The standard InChI is InChI=1S/C18H28N2O4.ClH/c1-22-15-10-12(11-16(23-2)18(15)24-3)4-9-17(21)20-14-7-5-13(19)6-8-14;/h10-11,13-14H,4-9,19H2,1-3H3,(H,20,21);1H. The molecule has 1 aromatic carbocycles. The molecule has 1 amide bonds. The maximum absolute atomic E-state index is 12.2. The number of amides is 1. The lowest BCUT2D eigenvalue weighted by atomic mass is 9.91. The van der Waals surface area contributed by atoms with Crippen LogP contribution >= 0.6 is 12.4 Å². The van der Waals surface area contributed by atoms with E-state index in [1.165, 1.54) is 0 Å². The summed E-state index contributed by atoms with van der Waals surface area (Å²) in [4.78, 5) is 12.2. The number of aryl methyl sites for hydroxylation is 1. The van der Waals surface area contributed by atoms with Gasteiger partial charge in [-0.25, -0.2) is 0 Å². The van der Waals surface area contributed by atoms with Crippen LogP contribution in [0.1, 0.15) is 37.7 Å². The minimum Gasteiger partial charge on any atom is -0.493 e. The van der Waals surface area contributed by atoms with E-state index in [9.17, 15) is 4.79 Å². The minimum absolute atomic E-state index is 0. The number of nitrogens with two attached hydrogens (primary N) is 1. The lowest BCUT2D eigenvalue weighted by Crippen LogP contribution is -2.40. The molecule has 1 saturated carbocycles. The predicted molar refractivity (Wildman–Crippen MR) is 100 cm³/mol. The van der Waals surface area contributed by atoms with E-state index in [4.69, 9.17) is 19.9 Å². The van der Waals surface area contributed by atoms with Gasteiger partial charge in [0.2, 0.25) is 11.7 Å². The zero-order valence-corrected chi connectivity index (χ0v) is 16.0. The van der Waals surface area contributed by atoms with E-state index in [0.717, 1.165) is 31.2 Å². The number of halogens is 1. The second kappa shape index (κ2) is 10.4. The third-order valence-corrected chi connectivity index (χ3v) is 4.50. The fourth-order valence-electron chi connectivity index (χ4n) is 3.10. The Hall–Kier alpha value is -1.66. The molecule has 1 aromatic rings. The Morgan fingerprint density at radius 1 is 1.08 bits per heavy atom. The van der Waals surface area contributed by atoms with Crippen LogP contribution in [0.5, 0.6) is 17.2 Å². The summed E-state index contributed by atoms with van der Waals surface area (Å²) in [7, 11) is 4.74. The van der Waals surface area contributed by atoms with Crippen molar-refractivity contribution in [1.82, 2.24) is 5.32 Å². The molecule has 0 spiro atoms. The summed E-state index contributed by atoms with van der Waals surface area (Å²) in [6.45, 7) is 0. The average Bonchev–Trinajstić information content (AvgIpc) is 2.60. The van der Waals surface area contributed by atoms with E-state index in [2.05, 4.69) is 5.32 Å². The molecule has 2 rings (SSSR count). The van der Waals surface area contributed by atoms with Crippen LogP contribution in [-0.2, 0) is 11.2 Å². The van der Waals surface area contributed by atoms with Crippen molar-refractivity contribution in [2.24, 2.45) is 5.73 Å². The topological polar surface area (TPSA) is 82.8 Å². The zero-order valence-electron chi connectivity index (χ0n) is 15.2. The molecule has 0 unspecified atom stereocenters. The lowest BCUT2D eigenvalue weighted by Gasteiger charge is -2.26. The molecule has 0 heterocycles. The molecule has 1 aliphatic carbocycles. The van der Waals surface area contributed by atoms with Gasteiger partial charge < -0.3 is 25.3 Å². The molecular weight excluding hydrogens is 344 g/mol. The molecule has 6 nitrogen and oxygen atoms in total. The number of nitrogens with one attached hydrogen (secondary N) is 1. The van der Waals surface area contributed by atoms with Gasteiger partial charge in [0.15, 0.2) is 11.5 Å². The monoisotopic (exact) mass is 372 g/mol. The Balaban J connectivity index is 0.00000312. The van der Waals surface area contributed by atoms with Crippen LogP contribution in [0.3, 0.4) is 0 Å². The summed E-state index contributed by atoms with van der Waals surface area (Å²) in [5.74, 6) is 1.85. The Morgan fingerprint density at radius 2 is 1.64 bits per heavy atom. The highest BCUT2D eigenvalue weighted by atomic mass is 35.5. The number of rotatable bonds is 7. The van der Waals surface area contributed by atoms with Gasteiger partial charge in [-0.05, 0) is 49.8 Å². The van der Waals surface area contributed by atoms with E-state index in [-0.39, 0.29) is 30.4 Å². The van der Waals surface area contributed by atoms with Crippen molar-refractivity contribution in [2.45, 2.75) is 50.6 Å². The van der Waals surface area contributed by atoms with Crippen LogP contribution in [0.2, 0.25) is 0 Å². The zero-order chi connectivity index (χ0) is 17.5. The number of hydrogen-bond acceptors (Lipinski definition) is 5. The molecule has 1 aliphatic rings. The lowest BCUT2D eigenvalue weighted by molar-refractivity contribution is -0.122. The van der Waals surface area contributed by atoms with Gasteiger partial charge in [-0.1, -0.05) is 0 Å². The molecule has 0 aromatic heterocycles. The van der Waals surface area contributed by atoms with Crippen LogP contribution in [0.4, 0.5) is 0 Å². The van der Waals surface area contributed by atoms with Crippen molar-refractivity contribution in [1.29, 1.82) is 0 Å². The Kier molecular flexibility index (Phi) is 8.86. The summed E-state index contributed by atoms with van der Waals surface area (Å²) in [6, 6.07) is 4.32. The highest BCUT2D eigenvalue weighted by Crippen LogP contribution is 2.38. The van der Waals surface area contributed by atoms with Gasteiger partial charge >= 0.3 is 0 Å². The summed E-state index contributed by atoms with van der Waals surface area (Å²) < 4.78 is 16.0. The summed E-state index contributed by atoms with van der Waals surface area (Å²) in [5.41, 5.74) is 6.87. The number of carbonyl (C=O) groups is 1. The number of carbonyl (C=O) groups excluding carboxylic acids is 1. The smallest absolute Gasteiger partial charge is 0.220 e. The van der Waals surface area contributed by atoms with Crippen molar-refractivity contribution >= 4 is 18.3 Å². The third-order valence-electron chi connectivity index (χ3n) is 4.50. The van der Waals surface area contributed by atoms with Crippen molar-refractivity contribution in [2.75, 3.05) is 21.3 Å². The van der Waals surface area contributed by atoms with Gasteiger partial charge in [-0.3, -0.25) is 4.79 Å². The Bertz CT molecular complexity index is 535. The van der Waals surface area contributed by atoms with E-state index in [1.54, 1.807) is 21.3 Å². The maximum Gasteiger partial charge on any atom is 0.220 e. The van der Waals surface area contributed by atoms with E-state index in [0.29, 0.717) is 30.1 Å². The minimum atomic E-state index is 0. The van der Waals surface area contributed by atoms with Crippen LogP contribution in [0.25, 0.3) is 0 Å². The largest absolute Gasteiger partial charge is 0.493 e. The number of methoxy groups -OCH3 is 3. The van der Waals surface area contributed by atoms with Crippen molar-refractivity contribution in [3.05, 3.63) is 17.7 Å². The number of benzene rings is 1. The van der Waals surface area contributed by atoms with Gasteiger partial charge in [-0.2, -0.15) is 0 Å². The first-order valence-corrected chi connectivity index (χ1v) is 8.41. The second-order valence-corrected chi connectivity index (χ2v) is 6.21. The normalized spacial score (nSPS) is 19.5. The predicted octanol–water partition coefficient (Wildman–Crippen LogP) is 2.45. The summed E-state index contributed by atoms with van der Waals surface area (Å²) in [5, 5.41) is 3.11. The van der Waals surface area contributed by atoms with Crippen LogP contribution in [-0.4, -0.2) is 39.3 Å². The first-order chi connectivity index (χ1) is 11.6. The molecule has 3 N–H and O–H groups in total. The summed E-state index contributed by atoms with van der Waals surface area (Å²) in [6.07, 6.45) is 4.96. The van der Waals surface area contributed by atoms with Crippen LogP contribution < -0.4 is 25.3 Å². The third kappa shape index (κ3) is 5.97. The highest BCUT2D eigenvalue weighted by molar-refractivity contribution is 5.85.